The van der Waals surface area contributed by atoms with Crippen LogP contribution in [0.15, 0.2) is 273 Å². The van der Waals surface area contributed by atoms with Crippen LogP contribution in [0.4, 0.5) is 0 Å². The van der Waals surface area contributed by atoms with Crippen molar-refractivity contribution in [3.05, 3.63) is 374 Å². The molecule has 18 nitrogen and oxygen atoms in total. The highest BCUT2D eigenvalue weighted by atomic mass is 32.1. The summed E-state index contributed by atoms with van der Waals surface area (Å²) in [4.78, 5) is 93.1. The second-order valence-corrected chi connectivity index (χ2v) is 37.3. The fourth-order valence-electron chi connectivity index (χ4n) is 16.8. The van der Waals surface area contributed by atoms with Gasteiger partial charge in [0.15, 0.2) is 0 Å². The molecule has 12 aromatic carbocycles. The van der Waals surface area contributed by atoms with Gasteiger partial charge in [0.1, 0.15) is 28.7 Å². The average Bonchev–Trinajstić information content (AvgIpc) is 1.63. The number of ether oxygens (including phenoxy) is 2. The van der Waals surface area contributed by atoms with Gasteiger partial charge in [0.25, 0.3) is 17.7 Å². The maximum atomic E-state index is 13.5. The predicted octanol–water partition coefficient (Wildman–Crippen LogP) is 23.5. The number of hydrogen-bond acceptors (Lipinski definition) is 14. The van der Waals surface area contributed by atoms with Crippen molar-refractivity contribution in [2.75, 3.05) is 17.3 Å². The minimum Gasteiger partial charge on any atom is -0.478 e. The molecule has 0 radical (unpaired) electrons. The number of carbonyl (C=O) groups excluding carboxylic acids is 5. The van der Waals surface area contributed by atoms with Crippen LogP contribution in [-0.4, -0.2) is 116 Å². The maximum absolute atomic E-state index is 13.5. The second kappa shape index (κ2) is 45.6. The third kappa shape index (κ3) is 25.4. The normalized spacial score (nSPS) is 12.1. The number of aromatic carboxylic acids is 1. The first kappa shape index (κ1) is 98.4. The predicted molar refractivity (Wildman–Crippen MR) is 551 cm³/mol. The van der Waals surface area contributed by atoms with E-state index < -0.39 is 17.2 Å². The molecular weight excluding hydrogens is 1720 g/mol. The van der Waals surface area contributed by atoms with Crippen molar-refractivity contribution in [3.63, 3.8) is 0 Å². The number of carboxylic acid groups (broad SMARTS) is 1. The maximum Gasteiger partial charge on any atom is 0.339 e. The molecule has 0 spiro atoms. The van der Waals surface area contributed by atoms with Gasteiger partial charge in [-0.15, -0.1) is 0 Å². The van der Waals surface area contributed by atoms with E-state index in [-0.39, 0.29) is 53.3 Å². The summed E-state index contributed by atoms with van der Waals surface area (Å²) in [5.74, 6) is 2.62. The lowest BCUT2D eigenvalue weighted by Crippen LogP contribution is -2.37. The number of rotatable bonds is 33. The van der Waals surface area contributed by atoms with Gasteiger partial charge < -0.3 is 44.2 Å². The quantitative estimate of drug-likeness (QED) is 0.0150. The smallest absolute Gasteiger partial charge is 0.339 e. The molecule has 690 valence electrons. The Morgan fingerprint density at radius 1 is 0.343 bits per heavy atom. The molecule has 3 atom stereocenters. The zero-order valence-corrected chi connectivity index (χ0v) is 81.2. The van der Waals surface area contributed by atoms with E-state index >= 15 is 0 Å². The molecule has 4 N–H and O–H groups in total. The van der Waals surface area contributed by atoms with E-state index in [9.17, 15) is 33.9 Å². The number of benzene rings is 12. The number of imidazole rings is 3. The summed E-state index contributed by atoms with van der Waals surface area (Å²) in [6.07, 6.45) is 7.48. The molecule has 0 saturated carbocycles. The third-order valence-corrected chi connectivity index (χ3v) is 24.6. The van der Waals surface area contributed by atoms with E-state index in [1.165, 1.54) is 0 Å². The lowest BCUT2D eigenvalue weighted by Gasteiger charge is -2.20. The van der Waals surface area contributed by atoms with Gasteiger partial charge in [-0.2, -0.15) is 37.9 Å². The number of amides is 3. The number of carboxylic acids is 1. The Bertz CT molecular complexity index is 6350. The molecule has 0 aliphatic heterocycles. The minimum atomic E-state index is -0.945. The molecule has 0 bridgehead atoms. The molecule has 0 saturated heterocycles. The first-order chi connectivity index (χ1) is 64.5. The molecule has 0 fully saturated rings. The molecule has 134 heavy (non-hydrogen) atoms. The van der Waals surface area contributed by atoms with E-state index in [1.54, 1.807) is 12.1 Å². The van der Waals surface area contributed by atoms with E-state index in [1.807, 2.05) is 263 Å². The van der Waals surface area contributed by atoms with Gasteiger partial charge in [-0.3, -0.25) is 14.4 Å². The van der Waals surface area contributed by atoms with Crippen LogP contribution in [-0.2, 0) is 67.6 Å². The molecule has 3 amide bonds. The monoisotopic (exact) mass is 1840 g/mol. The number of hydrogen-bond donors (Lipinski definition) is 7. The third-order valence-electron chi connectivity index (χ3n) is 23.3. The Labute approximate surface area is 803 Å². The van der Waals surface area contributed by atoms with Crippen LogP contribution < -0.4 is 16.0 Å². The summed E-state index contributed by atoms with van der Waals surface area (Å²) in [5, 5.41) is 19.2. The second-order valence-electron chi connectivity index (χ2n) is 36.2. The number of esters is 2. The topological polar surface area (TPSA) is 231 Å². The summed E-state index contributed by atoms with van der Waals surface area (Å²) in [6, 6.07) is 88.4. The number of nitrogens with zero attached hydrogens (tertiary/aromatic N) is 6. The van der Waals surface area contributed by atoms with Crippen LogP contribution in [0.5, 0.6) is 0 Å². The molecule has 0 unspecified atom stereocenters. The fourth-order valence-corrected chi connectivity index (χ4v) is 17.5. The van der Waals surface area contributed by atoms with E-state index in [0.29, 0.717) is 89.5 Å². The zero-order valence-electron chi connectivity index (χ0n) is 78.6. The Kier molecular flexibility index (Phi) is 33.5. The van der Waals surface area contributed by atoms with Crippen molar-refractivity contribution in [1.29, 1.82) is 0 Å². The highest BCUT2D eigenvalue weighted by Crippen LogP contribution is 2.34. The van der Waals surface area contributed by atoms with Crippen molar-refractivity contribution >= 4 is 107 Å². The van der Waals surface area contributed by atoms with Crippen molar-refractivity contribution in [3.8, 4) is 33.4 Å². The number of aryl methyl sites for hydroxylation is 6. The largest absolute Gasteiger partial charge is 0.478 e. The van der Waals surface area contributed by atoms with Crippen LogP contribution in [0.2, 0.25) is 0 Å². The molecule has 0 aliphatic carbocycles. The molecule has 15 rings (SSSR count). The highest BCUT2D eigenvalue weighted by molar-refractivity contribution is 7.80. The lowest BCUT2D eigenvalue weighted by atomic mass is 9.98. The van der Waals surface area contributed by atoms with Crippen molar-refractivity contribution in [2.24, 2.45) is 0 Å². The molecule has 15 aromatic rings. The summed E-state index contributed by atoms with van der Waals surface area (Å²) in [7, 11) is 0. The summed E-state index contributed by atoms with van der Waals surface area (Å²) in [5.41, 5.74) is 22.3. The van der Waals surface area contributed by atoms with Crippen LogP contribution in [0.1, 0.15) is 211 Å². The molecule has 0 aliphatic rings. The van der Waals surface area contributed by atoms with E-state index in [4.69, 9.17) is 24.4 Å². The van der Waals surface area contributed by atoms with Gasteiger partial charge in [0.05, 0.1) is 49.8 Å². The number of thiol groups is 3. The average molecular weight is 1850 g/mol. The van der Waals surface area contributed by atoms with Crippen LogP contribution in [0.3, 0.4) is 0 Å². The molecule has 3 aromatic heterocycles. The van der Waals surface area contributed by atoms with Crippen molar-refractivity contribution < 1.29 is 43.3 Å². The first-order valence-electron chi connectivity index (χ1n) is 46.1. The number of carbonyl (C=O) groups is 6. The Balaban J connectivity index is 0.000000171. The summed E-state index contributed by atoms with van der Waals surface area (Å²) < 4.78 is 18.0. The first-order valence-corrected chi connectivity index (χ1v) is 48.0. The minimum absolute atomic E-state index is 0.0891. The fraction of sp³-hybridized carbons (Fsp3) is 0.283. The zero-order chi connectivity index (χ0) is 95.3. The van der Waals surface area contributed by atoms with Crippen LogP contribution >= 0.6 is 37.9 Å². The van der Waals surface area contributed by atoms with Gasteiger partial charge in [0, 0.05) is 91.0 Å². The van der Waals surface area contributed by atoms with Gasteiger partial charge in [-0.25, -0.2) is 29.3 Å². The van der Waals surface area contributed by atoms with Crippen molar-refractivity contribution in [2.45, 2.75) is 190 Å². The SMILES string of the molecule is CCCc1nc2c(C)cc(C(=O)N[C@@H](CS)Cc3ccccc3)cc2n1Cc1ccc(-c2ccccc2C(=O)O)cc1.CCCc1nc2c(C)cc(C(=O)N[C@@H](CS)Cc3ccccc3)cc2n1Cc1ccc(-c2ccccc2C(=O)OC(C)(C)C)cc1.CCCc1nc2c(C)cc(C(=O)N[C@@H](CS)Cc3ccccc3)cc2n1Cc1ccc(-c2ccccc2C(=O)OC(C)(C)C)cc1. The number of fused-ring (bicyclic) bond motifs is 3. The summed E-state index contributed by atoms with van der Waals surface area (Å²) >= 11 is 13.5. The van der Waals surface area contributed by atoms with E-state index in [2.05, 4.69) is 149 Å². The van der Waals surface area contributed by atoms with Crippen LogP contribution in [0.25, 0.3) is 66.5 Å². The highest BCUT2D eigenvalue weighted by Gasteiger charge is 2.28. The number of nitrogens with one attached hydrogen (secondary N) is 3. The van der Waals surface area contributed by atoms with Gasteiger partial charge >= 0.3 is 17.9 Å². The standard InChI is InChI=1S/2C39H43N3O3S.C35H35N3O3S/c2*1-6-12-35-41-36-26(2)21-30(37(43)40-31(25-46)22-27-13-8-7-9-14-27)23-34(36)42(35)24-28-17-19-29(20-18-28)32-15-10-11-16-33(32)38(44)45-39(3,4)5;1-3-9-32-37-33-23(2)18-27(34(39)36-28(22-42)19-24-10-5-4-6-11-24)20-31(33)38(32)21-25-14-16-26(17-15-25)29-12-7-8-13-30(29)35(40)41/h2*7-11,13-21,23,31,46H,6,12,22,24-25H2,1-5H3,(H,40,43);4-8,10-18,20,28,42H,3,9,19,21-22H2,1-2H3,(H,36,39)(H,40,41)/t2*31-;28-/m111/s1. The molecule has 3 heterocycles. The van der Waals surface area contributed by atoms with Crippen molar-refractivity contribution in [1.82, 2.24) is 44.6 Å². The van der Waals surface area contributed by atoms with Crippen LogP contribution in [0, 0.1) is 20.8 Å². The Hall–Kier alpha value is -13.1. The summed E-state index contributed by atoms with van der Waals surface area (Å²) in [6.45, 7) is 25.5. The molecule has 21 heteroatoms. The van der Waals surface area contributed by atoms with Gasteiger partial charge in [0.2, 0.25) is 0 Å². The van der Waals surface area contributed by atoms with Gasteiger partial charge in [-0.1, -0.05) is 239 Å². The molecular formula is C113H121N9O9S3. The Morgan fingerprint density at radius 2 is 0.597 bits per heavy atom. The Morgan fingerprint density at radius 3 is 0.851 bits per heavy atom. The van der Waals surface area contributed by atoms with E-state index in [0.717, 1.165) is 167 Å². The lowest BCUT2D eigenvalue weighted by molar-refractivity contribution is 0.00578. The number of aromatic nitrogens is 6. The van der Waals surface area contributed by atoms with Gasteiger partial charge in [-0.05, 0) is 239 Å².